The molecule has 1 aromatic heterocycles. The lowest BCUT2D eigenvalue weighted by molar-refractivity contribution is 0.000822. The van der Waals surface area contributed by atoms with Crippen molar-refractivity contribution in [2.24, 2.45) is 0 Å². The molecule has 1 heterocycles. The van der Waals surface area contributed by atoms with Gasteiger partial charge < -0.3 is 28.9 Å². The van der Waals surface area contributed by atoms with E-state index in [-0.39, 0.29) is 4.64 Å². The number of nitrogens with zero attached hydrogens (tertiary/aromatic N) is 1. The zero-order valence-electron chi connectivity index (χ0n) is 11.6. The maximum Gasteiger partial charge on any atom is 0.101 e. The Morgan fingerprint density at radius 2 is 1.60 bits per heavy atom. The molecular weight excluding hydrogens is 282 g/mol. The van der Waals surface area contributed by atoms with Crippen LogP contribution in [0.5, 0.6) is 0 Å². The van der Waals surface area contributed by atoms with Crippen LogP contribution in [-0.2, 0) is 25.6 Å². The van der Waals surface area contributed by atoms with Gasteiger partial charge in [0.15, 0.2) is 0 Å². The summed E-state index contributed by atoms with van der Waals surface area (Å²) in [7, 11) is 1.63. The molecule has 0 atom stereocenters. The van der Waals surface area contributed by atoms with Gasteiger partial charge in [0, 0.05) is 13.3 Å². The van der Waals surface area contributed by atoms with Gasteiger partial charge in [-0.05, 0) is 11.6 Å². The van der Waals surface area contributed by atoms with Crippen molar-refractivity contribution in [1.82, 2.24) is 4.73 Å². The summed E-state index contributed by atoms with van der Waals surface area (Å²) in [6.07, 6.45) is 1.42. The normalized spacial score (nSPS) is 10.8. The molecule has 0 saturated heterocycles. The first-order chi connectivity index (χ1) is 9.74. The minimum atomic E-state index is 0.255. The van der Waals surface area contributed by atoms with Crippen LogP contribution in [0.15, 0.2) is 18.3 Å². The third-order valence-corrected chi connectivity index (χ3v) is 2.70. The third-order valence-electron chi connectivity index (χ3n) is 2.38. The Kier molecular flexibility index (Phi) is 9.18. The van der Waals surface area contributed by atoms with Crippen LogP contribution in [0.2, 0.25) is 0 Å². The van der Waals surface area contributed by atoms with E-state index in [4.69, 9.17) is 31.2 Å². The summed E-state index contributed by atoms with van der Waals surface area (Å²) in [5.41, 5.74) is 0.788. The van der Waals surface area contributed by atoms with Crippen LogP contribution >= 0.6 is 12.2 Å². The summed E-state index contributed by atoms with van der Waals surface area (Å²) in [5, 5.41) is 11.2. The second-order valence-corrected chi connectivity index (χ2v) is 4.39. The zero-order chi connectivity index (χ0) is 14.6. The van der Waals surface area contributed by atoms with E-state index in [1.54, 1.807) is 19.2 Å². The number of ether oxygens (including phenoxy) is 4. The van der Waals surface area contributed by atoms with Gasteiger partial charge in [-0.15, -0.1) is 0 Å². The quantitative estimate of drug-likeness (QED) is 0.458. The van der Waals surface area contributed by atoms with E-state index in [2.05, 4.69) is 0 Å². The second-order valence-electron chi connectivity index (χ2n) is 3.97. The lowest BCUT2D eigenvalue weighted by atomic mass is 10.3. The number of hydrogen-bond acceptors (Lipinski definition) is 6. The van der Waals surface area contributed by atoms with E-state index in [1.807, 2.05) is 0 Å². The first-order valence-electron chi connectivity index (χ1n) is 6.35. The molecule has 0 amide bonds. The summed E-state index contributed by atoms with van der Waals surface area (Å²) in [5.74, 6) is 0. The maximum atomic E-state index is 11.2. The highest BCUT2D eigenvalue weighted by Gasteiger charge is 1.94. The topological polar surface area (TPSA) is 64.9 Å². The molecule has 0 spiro atoms. The highest BCUT2D eigenvalue weighted by atomic mass is 32.1. The summed E-state index contributed by atoms with van der Waals surface area (Å²) < 4.78 is 21.7. The van der Waals surface area contributed by atoms with Crippen LogP contribution < -0.4 is 0 Å². The van der Waals surface area contributed by atoms with Crippen LogP contribution in [0.1, 0.15) is 5.56 Å². The molecule has 0 aliphatic rings. The molecule has 114 valence electrons. The average Bonchev–Trinajstić information content (AvgIpc) is 2.45. The van der Waals surface area contributed by atoms with Crippen molar-refractivity contribution in [3.8, 4) is 0 Å². The minimum Gasteiger partial charge on any atom is -0.805 e. The highest BCUT2D eigenvalue weighted by molar-refractivity contribution is 7.71. The van der Waals surface area contributed by atoms with Gasteiger partial charge in [0.2, 0.25) is 0 Å². The molecule has 0 saturated carbocycles. The predicted octanol–water partition coefficient (Wildman–Crippen LogP) is 1.76. The van der Waals surface area contributed by atoms with E-state index in [1.165, 1.54) is 6.20 Å². The van der Waals surface area contributed by atoms with Gasteiger partial charge in [-0.25, -0.2) is 0 Å². The lowest BCUT2D eigenvalue weighted by Gasteiger charge is -2.12. The molecule has 0 bridgehead atoms. The largest absolute Gasteiger partial charge is 0.805 e. The Balaban J connectivity index is 1.97. The van der Waals surface area contributed by atoms with E-state index in [0.29, 0.717) is 51.0 Å². The Morgan fingerprint density at radius 3 is 2.20 bits per heavy atom. The van der Waals surface area contributed by atoms with E-state index in [0.717, 1.165) is 5.56 Å². The Morgan fingerprint density at radius 1 is 1.00 bits per heavy atom. The van der Waals surface area contributed by atoms with E-state index in [9.17, 15) is 5.21 Å². The van der Waals surface area contributed by atoms with Crippen molar-refractivity contribution in [2.75, 3.05) is 46.8 Å². The Bertz CT molecular complexity index is 423. The number of aromatic nitrogens is 1. The predicted molar refractivity (Wildman–Crippen MR) is 77.2 cm³/mol. The minimum absolute atomic E-state index is 0.255. The molecule has 6 nitrogen and oxygen atoms in total. The standard InChI is InChI=1S/C13H20NO5S/c1-16-4-5-17-6-7-18-8-9-19-11-12-2-3-13(20)14(15)10-12/h2-3,10H,4-9,11H2,1H3/q-1. The molecule has 20 heavy (non-hydrogen) atoms. The lowest BCUT2D eigenvalue weighted by Crippen LogP contribution is -2.11. The number of rotatable bonds is 11. The van der Waals surface area contributed by atoms with Gasteiger partial charge in [-0.3, -0.25) is 0 Å². The van der Waals surface area contributed by atoms with E-state index < -0.39 is 0 Å². The van der Waals surface area contributed by atoms with Crippen LogP contribution in [0.25, 0.3) is 0 Å². The Hall–Kier alpha value is -0.990. The number of pyridine rings is 1. The van der Waals surface area contributed by atoms with Crippen molar-refractivity contribution in [2.45, 2.75) is 6.61 Å². The fourth-order valence-corrected chi connectivity index (χ4v) is 1.49. The highest BCUT2D eigenvalue weighted by Crippen LogP contribution is 2.02. The molecule has 0 unspecified atom stereocenters. The maximum absolute atomic E-state index is 11.2. The molecular formula is C13H20NO5S-. The molecule has 0 fully saturated rings. The van der Waals surface area contributed by atoms with Crippen LogP contribution in [0.4, 0.5) is 0 Å². The molecule has 0 radical (unpaired) electrons. The van der Waals surface area contributed by atoms with Gasteiger partial charge in [0.25, 0.3) is 0 Å². The fraction of sp³-hybridized carbons (Fsp3) is 0.615. The first-order valence-corrected chi connectivity index (χ1v) is 6.76. The van der Waals surface area contributed by atoms with Crippen molar-refractivity contribution < 1.29 is 18.9 Å². The van der Waals surface area contributed by atoms with Crippen molar-refractivity contribution in [3.63, 3.8) is 0 Å². The van der Waals surface area contributed by atoms with Gasteiger partial charge in [0.1, 0.15) is 4.64 Å². The summed E-state index contributed by atoms with van der Waals surface area (Å²) >= 11 is 4.80. The Labute approximate surface area is 123 Å². The first kappa shape index (κ1) is 17.1. The second kappa shape index (κ2) is 10.8. The van der Waals surface area contributed by atoms with Crippen molar-refractivity contribution in [1.29, 1.82) is 0 Å². The number of methoxy groups -OCH3 is 1. The van der Waals surface area contributed by atoms with Gasteiger partial charge >= 0.3 is 0 Å². The molecule has 7 heteroatoms. The average molecular weight is 302 g/mol. The summed E-state index contributed by atoms with van der Waals surface area (Å²) in [6, 6.07) is 3.37. The van der Waals surface area contributed by atoms with Crippen LogP contribution in [0, 0.1) is 9.85 Å². The van der Waals surface area contributed by atoms with Crippen molar-refractivity contribution >= 4 is 12.2 Å². The molecule has 1 aromatic rings. The molecule has 0 aliphatic carbocycles. The van der Waals surface area contributed by atoms with Gasteiger partial charge in [-0.2, -0.15) is 0 Å². The smallest absolute Gasteiger partial charge is 0.101 e. The number of hydrogen-bond donors (Lipinski definition) is 0. The van der Waals surface area contributed by atoms with Gasteiger partial charge in [0.05, 0.1) is 46.2 Å². The molecule has 0 N–H and O–H groups in total. The molecule has 1 rings (SSSR count). The van der Waals surface area contributed by atoms with Crippen LogP contribution in [-0.4, -0.2) is 51.5 Å². The molecule has 0 aliphatic heterocycles. The molecule has 0 aromatic carbocycles. The summed E-state index contributed by atoms with van der Waals surface area (Å²) in [4.78, 5) is 0. The van der Waals surface area contributed by atoms with Crippen molar-refractivity contribution in [3.05, 3.63) is 33.7 Å². The van der Waals surface area contributed by atoms with Crippen LogP contribution in [0.3, 0.4) is 0 Å². The third kappa shape index (κ3) is 7.56. The fourth-order valence-electron chi connectivity index (χ4n) is 1.37. The summed E-state index contributed by atoms with van der Waals surface area (Å²) in [6.45, 7) is 3.55. The monoisotopic (exact) mass is 302 g/mol. The van der Waals surface area contributed by atoms with Gasteiger partial charge in [-0.1, -0.05) is 18.3 Å². The zero-order valence-corrected chi connectivity index (χ0v) is 12.4. The van der Waals surface area contributed by atoms with E-state index >= 15 is 0 Å². The SMILES string of the molecule is COCCOCCOCCOCc1ccc(=S)n([O-])c1.